The van der Waals surface area contributed by atoms with Crippen molar-refractivity contribution in [2.45, 2.75) is 19.3 Å². The van der Waals surface area contributed by atoms with E-state index < -0.39 is 0 Å². The Labute approximate surface area is 92.6 Å². The predicted octanol–water partition coefficient (Wildman–Crippen LogP) is 2.25. The molecule has 1 N–H and O–H groups in total. The van der Waals surface area contributed by atoms with Gasteiger partial charge in [-0.25, -0.2) is 0 Å². The molecule has 0 heterocycles. The van der Waals surface area contributed by atoms with Crippen LogP contribution in [0, 0.1) is 0 Å². The van der Waals surface area contributed by atoms with Crippen LogP contribution in [0.5, 0.6) is 0 Å². The number of rotatable bonds is 8. The summed E-state index contributed by atoms with van der Waals surface area (Å²) in [4.78, 5) is 0. The molecule has 0 saturated carbocycles. The first-order valence-electron chi connectivity index (χ1n) is 5.67. The van der Waals surface area contributed by atoms with Crippen molar-refractivity contribution in [3.63, 3.8) is 0 Å². The molecule has 0 unspecified atom stereocenters. The first-order chi connectivity index (χ1) is 7.43. The molecule has 0 saturated heterocycles. The van der Waals surface area contributed by atoms with Gasteiger partial charge in [-0.15, -0.1) is 0 Å². The molecule has 0 spiro atoms. The molecule has 0 aliphatic heterocycles. The molecule has 2 nitrogen and oxygen atoms in total. The van der Waals surface area contributed by atoms with Crippen LogP contribution in [0.15, 0.2) is 30.3 Å². The van der Waals surface area contributed by atoms with E-state index in [4.69, 9.17) is 4.74 Å². The molecule has 0 aromatic heterocycles. The summed E-state index contributed by atoms with van der Waals surface area (Å²) in [5, 5.41) is 3.44. The molecule has 0 fully saturated rings. The highest BCUT2D eigenvalue weighted by Gasteiger charge is 1.91. The lowest BCUT2D eigenvalue weighted by Gasteiger charge is -2.04. The molecule has 2 heteroatoms. The molecule has 0 bridgehead atoms. The number of ether oxygens (including phenoxy) is 1. The average Bonchev–Trinajstić information content (AvgIpc) is 2.29. The van der Waals surface area contributed by atoms with Gasteiger partial charge in [0.1, 0.15) is 0 Å². The van der Waals surface area contributed by atoms with Crippen LogP contribution in [0.3, 0.4) is 0 Å². The second-order valence-corrected chi connectivity index (χ2v) is 3.69. The van der Waals surface area contributed by atoms with Gasteiger partial charge in [-0.3, -0.25) is 0 Å². The molecule has 0 aliphatic carbocycles. The van der Waals surface area contributed by atoms with E-state index >= 15 is 0 Å². The summed E-state index contributed by atoms with van der Waals surface area (Å²) >= 11 is 0. The lowest BCUT2D eigenvalue weighted by molar-refractivity contribution is 0.192. The standard InChI is InChI=1S/C13H21NO/c1-15-12-6-5-10-14-11-9-13-7-3-2-4-8-13/h2-4,7-8,14H,5-6,9-12H2,1H3. The topological polar surface area (TPSA) is 21.3 Å². The van der Waals surface area contributed by atoms with Gasteiger partial charge in [0.05, 0.1) is 0 Å². The Morgan fingerprint density at radius 1 is 1.07 bits per heavy atom. The summed E-state index contributed by atoms with van der Waals surface area (Å²) in [6.07, 6.45) is 3.46. The van der Waals surface area contributed by atoms with Crippen LogP contribution < -0.4 is 5.32 Å². The smallest absolute Gasteiger partial charge is 0.0462 e. The van der Waals surface area contributed by atoms with Crippen molar-refractivity contribution in [2.75, 3.05) is 26.8 Å². The van der Waals surface area contributed by atoms with E-state index in [1.54, 1.807) is 7.11 Å². The van der Waals surface area contributed by atoms with Crippen LogP contribution in [-0.2, 0) is 11.2 Å². The highest BCUT2D eigenvalue weighted by Crippen LogP contribution is 1.98. The van der Waals surface area contributed by atoms with Crippen LogP contribution >= 0.6 is 0 Å². The number of hydrogen-bond acceptors (Lipinski definition) is 2. The minimum absolute atomic E-state index is 0.875. The molecular weight excluding hydrogens is 186 g/mol. The molecule has 0 radical (unpaired) electrons. The van der Waals surface area contributed by atoms with E-state index in [0.29, 0.717) is 0 Å². The van der Waals surface area contributed by atoms with Crippen molar-refractivity contribution in [1.29, 1.82) is 0 Å². The largest absolute Gasteiger partial charge is 0.385 e. The van der Waals surface area contributed by atoms with Crippen molar-refractivity contribution in [1.82, 2.24) is 5.32 Å². The Kier molecular flexibility index (Phi) is 6.88. The van der Waals surface area contributed by atoms with Gasteiger partial charge in [-0.05, 0) is 37.9 Å². The van der Waals surface area contributed by atoms with Crippen LogP contribution in [-0.4, -0.2) is 26.8 Å². The zero-order chi connectivity index (χ0) is 10.8. The summed E-state index contributed by atoms with van der Waals surface area (Å²) in [7, 11) is 1.75. The quantitative estimate of drug-likeness (QED) is 0.660. The zero-order valence-electron chi connectivity index (χ0n) is 9.54. The van der Waals surface area contributed by atoms with Crippen LogP contribution in [0.25, 0.3) is 0 Å². The van der Waals surface area contributed by atoms with Crippen LogP contribution in [0.1, 0.15) is 18.4 Å². The first-order valence-corrected chi connectivity index (χ1v) is 5.67. The van der Waals surface area contributed by atoms with Gasteiger partial charge in [0.15, 0.2) is 0 Å². The monoisotopic (exact) mass is 207 g/mol. The fraction of sp³-hybridized carbons (Fsp3) is 0.538. The van der Waals surface area contributed by atoms with Crippen molar-refractivity contribution < 1.29 is 4.74 Å². The van der Waals surface area contributed by atoms with Gasteiger partial charge in [0.25, 0.3) is 0 Å². The molecule has 0 atom stereocenters. The van der Waals surface area contributed by atoms with Gasteiger partial charge in [-0.1, -0.05) is 30.3 Å². The van der Waals surface area contributed by atoms with Crippen LogP contribution in [0.4, 0.5) is 0 Å². The van der Waals surface area contributed by atoms with Gasteiger partial charge in [-0.2, -0.15) is 0 Å². The normalized spacial score (nSPS) is 10.5. The molecular formula is C13H21NO. The van der Waals surface area contributed by atoms with Crippen LogP contribution in [0.2, 0.25) is 0 Å². The highest BCUT2D eigenvalue weighted by atomic mass is 16.5. The number of methoxy groups -OCH3 is 1. The molecule has 0 amide bonds. The maximum Gasteiger partial charge on any atom is 0.0462 e. The second-order valence-electron chi connectivity index (χ2n) is 3.69. The van der Waals surface area contributed by atoms with Gasteiger partial charge < -0.3 is 10.1 Å². The summed E-state index contributed by atoms with van der Waals surface area (Å²) in [5.74, 6) is 0. The summed E-state index contributed by atoms with van der Waals surface area (Å²) < 4.78 is 4.99. The van der Waals surface area contributed by atoms with Gasteiger partial charge in [0.2, 0.25) is 0 Å². The number of unbranched alkanes of at least 4 members (excludes halogenated alkanes) is 1. The molecule has 0 aliphatic rings. The van der Waals surface area contributed by atoms with E-state index in [2.05, 4.69) is 35.6 Å². The fourth-order valence-corrected chi connectivity index (χ4v) is 1.50. The zero-order valence-corrected chi connectivity index (χ0v) is 9.54. The maximum absolute atomic E-state index is 4.99. The second kappa shape index (κ2) is 8.45. The van der Waals surface area contributed by atoms with Crippen molar-refractivity contribution >= 4 is 0 Å². The molecule has 1 rings (SSSR count). The third-order valence-electron chi connectivity index (χ3n) is 2.39. The number of benzene rings is 1. The number of hydrogen-bond donors (Lipinski definition) is 1. The van der Waals surface area contributed by atoms with Gasteiger partial charge >= 0.3 is 0 Å². The lowest BCUT2D eigenvalue weighted by atomic mass is 10.1. The SMILES string of the molecule is COCCCCNCCc1ccccc1. The molecule has 1 aromatic rings. The molecule has 15 heavy (non-hydrogen) atoms. The van der Waals surface area contributed by atoms with Gasteiger partial charge in [0, 0.05) is 13.7 Å². The van der Waals surface area contributed by atoms with E-state index in [-0.39, 0.29) is 0 Å². The van der Waals surface area contributed by atoms with Crippen molar-refractivity contribution in [3.8, 4) is 0 Å². The average molecular weight is 207 g/mol. The molecule has 84 valence electrons. The minimum atomic E-state index is 0.875. The van der Waals surface area contributed by atoms with E-state index in [1.165, 1.54) is 12.0 Å². The Hall–Kier alpha value is -0.860. The highest BCUT2D eigenvalue weighted by molar-refractivity contribution is 5.14. The Morgan fingerprint density at radius 2 is 1.87 bits per heavy atom. The molecule has 1 aromatic carbocycles. The lowest BCUT2D eigenvalue weighted by Crippen LogP contribution is -2.18. The van der Waals surface area contributed by atoms with E-state index in [1.807, 2.05) is 0 Å². The summed E-state index contributed by atoms with van der Waals surface area (Å²) in [5.41, 5.74) is 1.40. The van der Waals surface area contributed by atoms with Crippen molar-refractivity contribution in [3.05, 3.63) is 35.9 Å². The predicted molar refractivity (Wildman–Crippen MR) is 64.1 cm³/mol. The Balaban J connectivity index is 1.93. The number of nitrogens with one attached hydrogen (secondary N) is 1. The Bertz CT molecular complexity index is 236. The maximum atomic E-state index is 4.99. The minimum Gasteiger partial charge on any atom is -0.385 e. The van der Waals surface area contributed by atoms with E-state index in [0.717, 1.165) is 32.5 Å². The first kappa shape index (κ1) is 12.2. The Morgan fingerprint density at radius 3 is 2.60 bits per heavy atom. The van der Waals surface area contributed by atoms with Crippen molar-refractivity contribution in [2.24, 2.45) is 0 Å². The van der Waals surface area contributed by atoms with E-state index in [9.17, 15) is 0 Å². The summed E-state index contributed by atoms with van der Waals surface area (Å²) in [6, 6.07) is 10.6. The fourth-order valence-electron chi connectivity index (χ4n) is 1.50. The third-order valence-corrected chi connectivity index (χ3v) is 2.39. The summed E-state index contributed by atoms with van der Waals surface area (Å²) in [6.45, 7) is 3.04. The third kappa shape index (κ3) is 6.26.